The molecule has 0 aliphatic carbocycles. The van der Waals surface area contributed by atoms with Crippen molar-refractivity contribution in [2.24, 2.45) is 17.4 Å². The highest BCUT2D eigenvalue weighted by atomic mass is 32.1. The smallest absolute Gasteiger partial charge is 0.0307 e. The molecule has 2 unspecified atom stereocenters. The van der Waals surface area contributed by atoms with Crippen LogP contribution in [0.25, 0.3) is 0 Å². The van der Waals surface area contributed by atoms with E-state index in [1.807, 2.05) is 6.07 Å². The average molecular weight is 455 g/mol. The predicted octanol–water partition coefficient (Wildman–Crippen LogP) is 4.40. The van der Waals surface area contributed by atoms with Gasteiger partial charge in [0, 0.05) is 30.2 Å². The van der Waals surface area contributed by atoms with Crippen LogP contribution in [0.4, 0.5) is 0 Å². The highest BCUT2D eigenvalue weighted by molar-refractivity contribution is 7.79. The lowest BCUT2D eigenvalue weighted by atomic mass is 9.91. The van der Waals surface area contributed by atoms with E-state index in [-0.39, 0.29) is 12.1 Å². The summed E-state index contributed by atoms with van der Waals surface area (Å²) in [4.78, 5) is 2.56. The second-order valence-corrected chi connectivity index (χ2v) is 8.43. The lowest BCUT2D eigenvalue weighted by Crippen LogP contribution is -2.38. The summed E-state index contributed by atoms with van der Waals surface area (Å²) in [6.45, 7) is 6.43. The van der Waals surface area contributed by atoms with Crippen LogP contribution in [0.5, 0.6) is 0 Å². The third-order valence-corrected chi connectivity index (χ3v) is 6.10. The minimum absolute atomic E-state index is 0.0448. The summed E-state index contributed by atoms with van der Waals surface area (Å²) in [6, 6.07) is 21.1. The zero-order valence-corrected chi connectivity index (χ0v) is 20.7. The number of nitrogens with zero attached hydrogens (tertiary/aromatic N) is 1. The van der Waals surface area contributed by atoms with Crippen molar-refractivity contribution in [1.82, 2.24) is 10.2 Å². The zero-order valence-electron chi connectivity index (χ0n) is 19.8. The van der Waals surface area contributed by atoms with Crippen molar-refractivity contribution >= 4 is 12.6 Å². The summed E-state index contributed by atoms with van der Waals surface area (Å²) >= 11 is 3.53. The number of thiol groups is 1. The highest BCUT2D eigenvalue weighted by Gasteiger charge is 2.23. The molecule has 32 heavy (non-hydrogen) atoms. The van der Waals surface area contributed by atoms with Crippen LogP contribution in [-0.4, -0.2) is 43.4 Å². The van der Waals surface area contributed by atoms with Crippen LogP contribution >= 0.6 is 12.6 Å². The van der Waals surface area contributed by atoms with Crippen molar-refractivity contribution in [3.63, 3.8) is 0 Å². The summed E-state index contributed by atoms with van der Waals surface area (Å²) in [6.07, 6.45) is 8.20. The number of likely N-dealkylation sites (tertiary alicyclic amines) is 1. The molecule has 2 aromatic carbocycles. The maximum atomic E-state index is 6.47. The van der Waals surface area contributed by atoms with Gasteiger partial charge in [0.2, 0.25) is 0 Å². The van der Waals surface area contributed by atoms with E-state index in [4.69, 9.17) is 11.5 Å². The first-order valence-corrected chi connectivity index (χ1v) is 12.8. The van der Waals surface area contributed by atoms with E-state index >= 15 is 0 Å². The Kier molecular flexibility index (Phi) is 12.5. The van der Waals surface area contributed by atoms with Crippen LogP contribution in [0.1, 0.15) is 43.4 Å². The van der Waals surface area contributed by atoms with Gasteiger partial charge in [-0.15, -0.1) is 0 Å². The Labute approximate surface area is 200 Å². The number of hydrogen-bond donors (Lipinski definition) is 4. The number of benzene rings is 2. The molecule has 3 rings (SSSR count). The Hall–Kier alpha value is -1.79. The fourth-order valence-corrected chi connectivity index (χ4v) is 4.38. The maximum Gasteiger partial charge on any atom is 0.0307 e. The van der Waals surface area contributed by atoms with Crippen LogP contribution in [0, 0.1) is 5.92 Å². The second-order valence-electron chi connectivity index (χ2n) is 8.43. The molecule has 0 aromatic heterocycles. The van der Waals surface area contributed by atoms with Crippen molar-refractivity contribution in [3.05, 3.63) is 83.6 Å². The SMILES string of the molecule is CCN/C(=C\C(N)Cc1ccccc1)C1CCN(CCC(N)c2ccccc2)CC1.CS. The van der Waals surface area contributed by atoms with Gasteiger partial charge in [-0.3, -0.25) is 0 Å². The summed E-state index contributed by atoms with van der Waals surface area (Å²) < 4.78 is 0. The molecule has 1 heterocycles. The fourth-order valence-electron chi connectivity index (χ4n) is 4.38. The molecule has 0 spiro atoms. The van der Waals surface area contributed by atoms with Crippen molar-refractivity contribution < 1.29 is 0 Å². The molecule has 0 saturated carbocycles. The Balaban J connectivity index is 0.00000176. The molecule has 2 atom stereocenters. The van der Waals surface area contributed by atoms with E-state index in [2.05, 4.69) is 90.4 Å². The topological polar surface area (TPSA) is 67.3 Å². The van der Waals surface area contributed by atoms with Gasteiger partial charge in [0.25, 0.3) is 0 Å². The van der Waals surface area contributed by atoms with Crippen molar-refractivity contribution in [1.29, 1.82) is 0 Å². The molecule has 1 aliphatic heterocycles. The quantitative estimate of drug-likeness (QED) is 0.402. The average Bonchev–Trinajstić information content (AvgIpc) is 2.85. The monoisotopic (exact) mass is 454 g/mol. The zero-order chi connectivity index (χ0) is 23.2. The Morgan fingerprint density at radius 1 is 1.03 bits per heavy atom. The Morgan fingerprint density at radius 2 is 1.62 bits per heavy atom. The van der Waals surface area contributed by atoms with E-state index in [1.54, 1.807) is 6.26 Å². The maximum absolute atomic E-state index is 6.47. The van der Waals surface area contributed by atoms with Gasteiger partial charge in [-0.25, -0.2) is 0 Å². The van der Waals surface area contributed by atoms with Gasteiger partial charge >= 0.3 is 0 Å². The normalized spacial score (nSPS) is 17.2. The molecule has 5 N–H and O–H groups in total. The number of piperidine rings is 1. The molecule has 1 fully saturated rings. The predicted molar refractivity (Wildman–Crippen MR) is 142 cm³/mol. The number of rotatable bonds is 10. The van der Waals surface area contributed by atoms with Crippen molar-refractivity contribution in [3.8, 4) is 0 Å². The number of nitrogens with two attached hydrogens (primary N) is 2. The third kappa shape index (κ3) is 8.99. The van der Waals surface area contributed by atoms with Crippen molar-refractivity contribution in [2.75, 3.05) is 32.4 Å². The molecule has 0 bridgehead atoms. The highest BCUT2D eigenvalue weighted by Crippen LogP contribution is 2.25. The second kappa shape index (κ2) is 15.1. The van der Waals surface area contributed by atoms with Crippen LogP contribution in [-0.2, 0) is 6.42 Å². The lowest BCUT2D eigenvalue weighted by molar-refractivity contribution is 0.189. The third-order valence-electron chi connectivity index (χ3n) is 6.10. The van der Waals surface area contributed by atoms with Gasteiger partial charge in [0.1, 0.15) is 0 Å². The van der Waals surface area contributed by atoms with Gasteiger partial charge in [-0.1, -0.05) is 60.7 Å². The summed E-state index contributed by atoms with van der Waals surface area (Å²) in [5.41, 5.74) is 16.7. The molecular weight excluding hydrogens is 412 g/mol. The van der Waals surface area contributed by atoms with Gasteiger partial charge in [0.15, 0.2) is 0 Å². The van der Waals surface area contributed by atoms with Crippen LogP contribution in [0.2, 0.25) is 0 Å². The summed E-state index contributed by atoms with van der Waals surface area (Å²) in [5, 5.41) is 3.60. The van der Waals surface area contributed by atoms with E-state index in [1.165, 1.54) is 29.7 Å². The first-order chi connectivity index (χ1) is 15.7. The lowest BCUT2D eigenvalue weighted by Gasteiger charge is -2.34. The Morgan fingerprint density at radius 3 is 2.22 bits per heavy atom. The van der Waals surface area contributed by atoms with E-state index in [9.17, 15) is 0 Å². The first kappa shape index (κ1) is 26.5. The number of nitrogens with one attached hydrogen (secondary N) is 1. The molecule has 2 aromatic rings. The van der Waals surface area contributed by atoms with E-state index in [0.717, 1.165) is 39.0 Å². The molecule has 0 radical (unpaired) electrons. The van der Waals surface area contributed by atoms with Gasteiger partial charge in [0.05, 0.1) is 0 Å². The van der Waals surface area contributed by atoms with Gasteiger partial charge < -0.3 is 21.7 Å². The molecule has 1 saturated heterocycles. The fraction of sp³-hybridized carbons (Fsp3) is 0.481. The molecule has 176 valence electrons. The van der Waals surface area contributed by atoms with Gasteiger partial charge in [-0.2, -0.15) is 12.6 Å². The number of allylic oxidation sites excluding steroid dienone is 1. The van der Waals surface area contributed by atoms with E-state index in [0.29, 0.717) is 5.92 Å². The van der Waals surface area contributed by atoms with Crippen LogP contribution in [0.3, 0.4) is 0 Å². The first-order valence-electron chi connectivity index (χ1n) is 11.9. The molecular formula is C27H42N4S. The summed E-state index contributed by atoms with van der Waals surface area (Å²) in [5.74, 6) is 0.575. The van der Waals surface area contributed by atoms with Crippen molar-refractivity contribution in [2.45, 2.75) is 44.7 Å². The number of hydrogen-bond acceptors (Lipinski definition) is 5. The molecule has 5 heteroatoms. The largest absolute Gasteiger partial charge is 0.389 e. The molecule has 4 nitrogen and oxygen atoms in total. The Bertz CT molecular complexity index is 758. The van der Waals surface area contributed by atoms with E-state index < -0.39 is 0 Å². The van der Waals surface area contributed by atoms with Crippen LogP contribution < -0.4 is 16.8 Å². The minimum Gasteiger partial charge on any atom is -0.389 e. The molecule has 0 amide bonds. The molecule has 1 aliphatic rings. The summed E-state index contributed by atoms with van der Waals surface area (Å²) in [7, 11) is 0. The standard InChI is InChI=1S/C26H38N4.CH4S/c1-2-29-26(20-24(27)19-21-9-5-3-6-10-21)23-13-16-30(17-14-23)18-15-25(28)22-11-7-4-8-12-22;1-2/h3-12,20,23-25,29H,2,13-19,27-28H2,1H3;2H,1H3/b26-20-;. The van der Waals surface area contributed by atoms with Gasteiger partial charge in [-0.05, 0) is 75.7 Å². The van der Waals surface area contributed by atoms with Crippen LogP contribution in [0.15, 0.2) is 72.4 Å². The minimum atomic E-state index is 0.0448.